The van der Waals surface area contributed by atoms with Crippen molar-refractivity contribution in [1.82, 2.24) is 0 Å². The van der Waals surface area contributed by atoms with Crippen molar-refractivity contribution >= 4 is 11.9 Å². The summed E-state index contributed by atoms with van der Waals surface area (Å²) in [5.74, 6) is -2.32. The number of aliphatic carboxylic acids is 2. The molecular formula is C12H22O4Ta. The Balaban J connectivity index is -0.000000218. The summed E-state index contributed by atoms with van der Waals surface area (Å²) in [6, 6.07) is 0. The number of carbonyl (C=O) groups excluding carboxylic acids is 2. The standard InChI is InChI=1S/2C6H12O2.Ta/c2*1-3-5(4-2)6(7)8;/h2*5H,3-4H2,1-2H3,(H,7,8);/q;;+2/p-2. The van der Waals surface area contributed by atoms with E-state index in [1.807, 2.05) is 27.7 Å². The van der Waals surface area contributed by atoms with E-state index in [9.17, 15) is 19.8 Å². The summed E-state index contributed by atoms with van der Waals surface area (Å²) in [6.07, 6.45) is 2.72. The van der Waals surface area contributed by atoms with Crippen molar-refractivity contribution in [3.8, 4) is 0 Å². The molecule has 0 amide bonds. The van der Waals surface area contributed by atoms with Gasteiger partial charge in [-0.05, 0) is 37.5 Å². The van der Waals surface area contributed by atoms with Crippen molar-refractivity contribution in [3.63, 3.8) is 0 Å². The van der Waals surface area contributed by atoms with Gasteiger partial charge in [0.1, 0.15) is 0 Å². The molecule has 0 atom stereocenters. The van der Waals surface area contributed by atoms with Crippen molar-refractivity contribution in [3.05, 3.63) is 0 Å². The van der Waals surface area contributed by atoms with E-state index in [0.717, 1.165) is 0 Å². The first-order chi connectivity index (χ1) is 7.44. The van der Waals surface area contributed by atoms with Gasteiger partial charge in [-0.1, -0.05) is 27.7 Å². The number of rotatable bonds is 6. The molecule has 0 N–H and O–H groups in total. The van der Waals surface area contributed by atoms with Crippen LogP contribution in [0.3, 0.4) is 0 Å². The Labute approximate surface area is 119 Å². The van der Waals surface area contributed by atoms with Crippen LogP contribution in [0.1, 0.15) is 53.4 Å². The van der Waals surface area contributed by atoms with Gasteiger partial charge >= 0.3 is 22.4 Å². The summed E-state index contributed by atoms with van der Waals surface area (Å²) in [5, 5.41) is 20.1. The molecule has 0 aromatic heterocycles. The third-order valence-corrected chi connectivity index (χ3v) is 2.64. The Morgan fingerprint density at radius 2 is 0.941 bits per heavy atom. The van der Waals surface area contributed by atoms with Gasteiger partial charge in [0.05, 0.1) is 0 Å². The average Bonchev–Trinajstić information content (AvgIpc) is 2.21. The van der Waals surface area contributed by atoms with Crippen LogP contribution < -0.4 is 10.2 Å². The molecule has 0 aliphatic carbocycles. The Morgan fingerprint density at radius 1 is 0.765 bits per heavy atom. The van der Waals surface area contributed by atoms with E-state index in [1.165, 1.54) is 0 Å². The molecule has 4 nitrogen and oxygen atoms in total. The monoisotopic (exact) mass is 411 g/mol. The Kier molecular flexibility index (Phi) is 17.7. The zero-order valence-electron chi connectivity index (χ0n) is 11.1. The molecule has 0 saturated heterocycles. The van der Waals surface area contributed by atoms with Crippen LogP contribution in [-0.4, -0.2) is 11.9 Å². The van der Waals surface area contributed by atoms with Gasteiger partial charge in [-0.25, -0.2) is 0 Å². The summed E-state index contributed by atoms with van der Waals surface area (Å²) < 4.78 is 0. The molecule has 17 heavy (non-hydrogen) atoms. The zero-order valence-corrected chi connectivity index (χ0v) is 14.3. The second-order valence-corrected chi connectivity index (χ2v) is 3.66. The summed E-state index contributed by atoms with van der Waals surface area (Å²) in [4.78, 5) is 20.1. The van der Waals surface area contributed by atoms with Gasteiger partial charge < -0.3 is 19.8 Å². The first-order valence-corrected chi connectivity index (χ1v) is 5.86. The van der Waals surface area contributed by atoms with Crippen molar-refractivity contribution in [1.29, 1.82) is 0 Å². The van der Waals surface area contributed by atoms with Crippen molar-refractivity contribution in [2.45, 2.75) is 53.4 Å². The van der Waals surface area contributed by atoms with Crippen molar-refractivity contribution in [2.24, 2.45) is 11.8 Å². The maximum atomic E-state index is 10.1. The van der Waals surface area contributed by atoms with E-state index in [0.29, 0.717) is 25.7 Å². The molecule has 0 fully saturated rings. The Hall–Kier alpha value is -0.320. The molecule has 0 aromatic carbocycles. The fourth-order valence-corrected chi connectivity index (χ4v) is 1.24. The zero-order chi connectivity index (χ0) is 13.1. The van der Waals surface area contributed by atoms with Gasteiger partial charge in [-0.3, -0.25) is 0 Å². The molecule has 0 unspecified atom stereocenters. The third kappa shape index (κ3) is 11.9. The maximum Gasteiger partial charge on any atom is 2.00 e. The summed E-state index contributed by atoms with van der Waals surface area (Å²) in [6.45, 7) is 7.40. The molecule has 0 bridgehead atoms. The van der Waals surface area contributed by atoms with E-state index in [-0.39, 0.29) is 34.2 Å². The fraction of sp³-hybridized carbons (Fsp3) is 0.833. The summed E-state index contributed by atoms with van der Waals surface area (Å²) in [5.41, 5.74) is 0. The van der Waals surface area contributed by atoms with Crippen LogP contribution in [0.15, 0.2) is 0 Å². The number of carbonyl (C=O) groups is 2. The largest absolute Gasteiger partial charge is 2.00 e. The predicted molar refractivity (Wildman–Crippen MR) is 58.2 cm³/mol. The third-order valence-electron chi connectivity index (χ3n) is 2.64. The van der Waals surface area contributed by atoms with E-state index < -0.39 is 11.9 Å². The molecule has 99 valence electrons. The molecule has 5 heteroatoms. The van der Waals surface area contributed by atoms with Gasteiger partial charge in [0.25, 0.3) is 0 Å². The average molecular weight is 411 g/mol. The van der Waals surface area contributed by atoms with Crippen LogP contribution >= 0.6 is 0 Å². The van der Waals surface area contributed by atoms with E-state index in [4.69, 9.17) is 0 Å². The van der Waals surface area contributed by atoms with Crippen molar-refractivity contribution in [2.75, 3.05) is 0 Å². The normalized spacial score (nSPS) is 9.29. The van der Waals surface area contributed by atoms with Crippen LogP contribution in [0.4, 0.5) is 0 Å². The van der Waals surface area contributed by atoms with Gasteiger partial charge in [-0.2, -0.15) is 0 Å². The molecule has 0 heterocycles. The minimum Gasteiger partial charge on any atom is -0.550 e. The minimum atomic E-state index is -0.921. The molecule has 0 saturated carbocycles. The smallest absolute Gasteiger partial charge is 0.550 e. The van der Waals surface area contributed by atoms with Crippen LogP contribution in [-0.2, 0) is 32.0 Å². The number of hydrogen-bond acceptors (Lipinski definition) is 4. The fourth-order valence-electron chi connectivity index (χ4n) is 1.24. The molecule has 0 spiro atoms. The first kappa shape index (κ1) is 21.9. The second-order valence-electron chi connectivity index (χ2n) is 3.66. The topological polar surface area (TPSA) is 80.3 Å². The molecule has 0 aliphatic rings. The van der Waals surface area contributed by atoms with E-state index >= 15 is 0 Å². The van der Waals surface area contributed by atoms with Gasteiger partial charge in [0.2, 0.25) is 0 Å². The van der Waals surface area contributed by atoms with Crippen molar-refractivity contribution < 1.29 is 42.2 Å². The number of carboxylic acids is 2. The molecule has 1 radical (unpaired) electrons. The molecule has 0 aliphatic heterocycles. The Morgan fingerprint density at radius 3 is 0.941 bits per heavy atom. The first-order valence-electron chi connectivity index (χ1n) is 5.86. The van der Waals surface area contributed by atoms with Gasteiger partial charge in [-0.15, -0.1) is 0 Å². The second kappa shape index (κ2) is 13.7. The predicted octanol–water partition coefficient (Wildman–Crippen LogP) is 0.343. The quantitative estimate of drug-likeness (QED) is 0.632. The van der Waals surface area contributed by atoms with E-state index in [2.05, 4.69) is 0 Å². The number of carboxylic acid groups (broad SMARTS) is 2. The number of hydrogen-bond donors (Lipinski definition) is 0. The summed E-state index contributed by atoms with van der Waals surface area (Å²) in [7, 11) is 0. The Bertz CT molecular complexity index is 177. The molecule has 0 aromatic rings. The SMILES string of the molecule is CCC(CC)C(=O)[O-].CCC(CC)C(=O)[O-].[Ta+2]. The maximum absolute atomic E-state index is 10.1. The molecule has 0 rings (SSSR count). The van der Waals surface area contributed by atoms with Crippen LogP contribution in [0, 0.1) is 11.8 Å². The van der Waals surface area contributed by atoms with Gasteiger partial charge in [0, 0.05) is 11.9 Å². The summed E-state index contributed by atoms with van der Waals surface area (Å²) >= 11 is 0. The van der Waals surface area contributed by atoms with E-state index in [1.54, 1.807) is 0 Å². The minimum absolute atomic E-state index is 0. The van der Waals surface area contributed by atoms with Gasteiger partial charge in [0.15, 0.2) is 0 Å². The van der Waals surface area contributed by atoms with Crippen LogP contribution in [0.2, 0.25) is 0 Å². The van der Waals surface area contributed by atoms with Crippen LogP contribution in [0.25, 0.3) is 0 Å². The van der Waals surface area contributed by atoms with Crippen LogP contribution in [0.5, 0.6) is 0 Å². The molecular weight excluding hydrogens is 389 g/mol.